The molecule has 0 unspecified atom stereocenters. The van der Waals surface area contributed by atoms with Gasteiger partial charge in [-0.1, -0.05) is 48.0 Å². The second-order valence-electron chi connectivity index (χ2n) is 8.60. The summed E-state index contributed by atoms with van der Waals surface area (Å²) in [5, 5.41) is 3.01. The van der Waals surface area contributed by atoms with Gasteiger partial charge in [0.1, 0.15) is 0 Å². The molecule has 1 heterocycles. The van der Waals surface area contributed by atoms with E-state index in [4.69, 9.17) is 0 Å². The molecular formula is C26H24N2O4S. The normalized spacial score (nSPS) is 16.3. The third-order valence-corrected chi connectivity index (χ3v) is 8.35. The average molecular weight is 461 g/mol. The molecule has 7 heteroatoms. The average Bonchev–Trinajstić information content (AvgIpc) is 3.11. The van der Waals surface area contributed by atoms with E-state index >= 15 is 0 Å². The Kier molecular flexibility index (Phi) is 5.38. The number of benzene rings is 3. The summed E-state index contributed by atoms with van der Waals surface area (Å²) in [6.07, 6.45) is 1.07. The molecule has 0 radical (unpaired) electrons. The predicted octanol–water partition coefficient (Wildman–Crippen LogP) is 3.79. The van der Waals surface area contributed by atoms with E-state index in [-0.39, 0.29) is 17.7 Å². The molecule has 1 N–H and O–H groups in total. The van der Waals surface area contributed by atoms with Gasteiger partial charge in [-0.25, -0.2) is 8.42 Å². The van der Waals surface area contributed by atoms with Crippen molar-refractivity contribution in [3.63, 3.8) is 0 Å². The summed E-state index contributed by atoms with van der Waals surface area (Å²) in [5.74, 6) is -0.314. The van der Waals surface area contributed by atoms with Gasteiger partial charge in [0.2, 0.25) is 10.0 Å². The molecule has 6 nitrogen and oxygen atoms in total. The van der Waals surface area contributed by atoms with E-state index in [1.54, 1.807) is 42.5 Å². The van der Waals surface area contributed by atoms with Crippen molar-refractivity contribution in [3.8, 4) is 11.1 Å². The van der Waals surface area contributed by atoms with Gasteiger partial charge in [0.05, 0.1) is 4.90 Å². The lowest BCUT2D eigenvalue weighted by Crippen LogP contribution is -2.46. The molecule has 168 valence electrons. The SMILES string of the molecule is Cc1ccc(S(=O)(=O)N2CCC(NC(=O)c3ccc4c(c3)C(=O)c3ccccc3-4)CC2)cc1. The van der Waals surface area contributed by atoms with Gasteiger partial charge in [0.15, 0.2) is 5.78 Å². The van der Waals surface area contributed by atoms with Crippen LogP contribution in [0.3, 0.4) is 0 Å². The van der Waals surface area contributed by atoms with Gasteiger partial charge < -0.3 is 5.32 Å². The molecule has 0 bridgehead atoms. The van der Waals surface area contributed by atoms with E-state index in [0.29, 0.717) is 47.5 Å². The van der Waals surface area contributed by atoms with Crippen molar-refractivity contribution in [1.82, 2.24) is 9.62 Å². The molecule has 1 aliphatic carbocycles. The Morgan fingerprint density at radius 1 is 0.879 bits per heavy atom. The first-order valence-electron chi connectivity index (χ1n) is 11.0. The van der Waals surface area contributed by atoms with Gasteiger partial charge in [-0.2, -0.15) is 4.31 Å². The van der Waals surface area contributed by atoms with Crippen molar-refractivity contribution in [1.29, 1.82) is 0 Å². The first kappa shape index (κ1) is 21.6. The summed E-state index contributed by atoms with van der Waals surface area (Å²) >= 11 is 0. The number of fused-ring (bicyclic) bond motifs is 3. The van der Waals surface area contributed by atoms with E-state index in [2.05, 4.69) is 5.32 Å². The quantitative estimate of drug-likeness (QED) is 0.502. The Labute approximate surface area is 193 Å². The predicted molar refractivity (Wildman–Crippen MR) is 126 cm³/mol. The summed E-state index contributed by atoms with van der Waals surface area (Å²) in [4.78, 5) is 25.9. The number of ketones is 1. The Hall–Kier alpha value is -3.29. The largest absolute Gasteiger partial charge is 0.349 e. The first-order chi connectivity index (χ1) is 15.8. The second kappa shape index (κ2) is 8.24. The molecule has 1 fully saturated rings. The van der Waals surface area contributed by atoms with Gasteiger partial charge in [-0.05, 0) is 55.2 Å². The van der Waals surface area contributed by atoms with Gasteiger partial charge >= 0.3 is 0 Å². The van der Waals surface area contributed by atoms with Crippen molar-refractivity contribution in [2.45, 2.75) is 30.7 Å². The molecule has 1 amide bonds. The monoisotopic (exact) mass is 460 g/mol. The maximum atomic E-state index is 12.9. The van der Waals surface area contributed by atoms with Crippen molar-refractivity contribution in [2.24, 2.45) is 0 Å². The Balaban J connectivity index is 1.24. The fourth-order valence-corrected chi connectivity index (χ4v) is 6.01. The second-order valence-corrected chi connectivity index (χ2v) is 10.5. The number of carbonyl (C=O) groups excluding carboxylic acids is 2. The molecule has 1 aliphatic heterocycles. The minimum Gasteiger partial charge on any atom is -0.349 e. The van der Waals surface area contributed by atoms with Crippen LogP contribution in [0.2, 0.25) is 0 Å². The number of aryl methyl sites for hydroxylation is 1. The van der Waals surface area contributed by atoms with Crippen molar-refractivity contribution in [2.75, 3.05) is 13.1 Å². The standard InChI is InChI=1S/C26H24N2O4S/c1-17-6-9-20(10-7-17)33(31,32)28-14-12-19(13-15-28)27-26(30)18-8-11-22-21-4-2-3-5-23(21)25(29)24(22)16-18/h2-11,16,19H,12-15H2,1H3,(H,27,30). The summed E-state index contributed by atoms with van der Waals surface area (Å²) in [6, 6.07) is 19.4. The maximum absolute atomic E-state index is 12.9. The molecule has 5 rings (SSSR count). The summed E-state index contributed by atoms with van der Waals surface area (Å²) < 4.78 is 27.3. The molecule has 0 spiro atoms. The van der Waals surface area contributed by atoms with Gasteiger partial charge in [0.25, 0.3) is 5.91 Å². The van der Waals surface area contributed by atoms with Crippen LogP contribution in [0.25, 0.3) is 11.1 Å². The molecule has 0 aromatic heterocycles. The van der Waals surface area contributed by atoms with Crippen LogP contribution >= 0.6 is 0 Å². The number of carbonyl (C=O) groups is 2. The number of sulfonamides is 1. The lowest BCUT2D eigenvalue weighted by atomic mass is 10.0. The van der Waals surface area contributed by atoms with E-state index in [0.717, 1.165) is 16.7 Å². The molecule has 3 aromatic carbocycles. The maximum Gasteiger partial charge on any atom is 0.251 e. The summed E-state index contributed by atoms with van der Waals surface area (Å²) in [7, 11) is -3.54. The van der Waals surface area contributed by atoms with Crippen LogP contribution in [-0.4, -0.2) is 43.5 Å². The number of rotatable bonds is 4. The first-order valence-corrected chi connectivity index (χ1v) is 12.4. The van der Waals surface area contributed by atoms with Crippen LogP contribution in [-0.2, 0) is 10.0 Å². The number of nitrogens with one attached hydrogen (secondary N) is 1. The van der Waals surface area contributed by atoms with Crippen molar-refractivity contribution >= 4 is 21.7 Å². The number of piperidine rings is 1. The van der Waals surface area contributed by atoms with Gasteiger partial charge in [0, 0.05) is 35.8 Å². The number of hydrogen-bond donors (Lipinski definition) is 1. The molecule has 0 atom stereocenters. The highest BCUT2D eigenvalue weighted by Gasteiger charge is 2.31. The van der Waals surface area contributed by atoms with Gasteiger partial charge in [-0.15, -0.1) is 0 Å². The fraction of sp³-hybridized carbons (Fsp3) is 0.231. The van der Waals surface area contributed by atoms with E-state index in [1.807, 2.05) is 31.2 Å². The number of nitrogens with zero attached hydrogens (tertiary/aromatic N) is 1. The van der Waals surface area contributed by atoms with E-state index < -0.39 is 10.0 Å². The Morgan fingerprint density at radius 3 is 2.21 bits per heavy atom. The van der Waals surface area contributed by atoms with Crippen LogP contribution in [0.4, 0.5) is 0 Å². The topological polar surface area (TPSA) is 83.6 Å². The molecule has 2 aliphatic rings. The van der Waals surface area contributed by atoms with Crippen LogP contribution in [0.1, 0.15) is 44.7 Å². The third-order valence-electron chi connectivity index (χ3n) is 6.44. The van der Waals surface area contributed by atoms with Gasteiger partial charge in [-0.3, -0.25) is 9.59 Å². The minimum absolute atomic E-state index is 0.0649. The zero-order valence-corrected chi connectivity index (χ0v) is 19.1. The molecule has 3 aromatic rings. The van der Waals surface area contributed by atoms with Crippen molar-refractivity contribution in [3.05, 3.63) is 89.0 Å². The summed E-state index contributed by atoms with van der Waals surface area (Å²) in [6.45, 7) is 2.61. The number of amides is 1. The zero-order valence-electron chi connectivity index (χ0n) is 18.2. The Morgan fingerprint density at radius 2 is 1.52 bits per heavy atom. The lowest BCUT2D eigenvalue weighted by molar-refractivity contribution is 0.0924. The van der Waals surface area contributed by atoms with Crippen LogP contribution in [0.15, 0.2) is 71.6 Å². The van der Waals surface area contributed by atoms with E-state index in [1.165, 1.54) is 4.31 Å². The molecule has 0 saturated carbocycles. The zero-order chi connectivity index (χ0) is 23.2. The molecular weight excluding hydrogens is 436 g/mol. The van der Waals surface area contributed by atoms with Crippen LogP contribution in [0, 0.1) is 6.92 Å². The van der Waals surface area contributed by atoms with Crippen LogP contribution < -0.4 is 5.32 Å². The highest BCUT2D eigenvalue weighted by Crippen LogP contribution is 2.36. The fourth-order valence-electron chi connectivity index (χ4n) is 4.54. The van der Waals surface area contributed by atoms with Crippen molar-refractivity contribution < 1.29 is 18.0 Å². The molecule has 33 heavy (non-hydrogen) atoms. The lowest BCUT2D eigenvalue weighted by Gasteiger charge is -2.31. The third kappa shape index (κ3) is 3.87. The smallest absolute Gasteiger partial charge is 0.251 e. The van der Waals surface area contributed by atoms with Crippen LogP contribution in [0.5, 0.6) is 0 Å². The highest BCUT2D eigenvalue weighted by atomic mass is 32.2. The minimum atomic E-state index is -3.54. The number of hydrogen-bond acceptors (Lipinski definition) is 4. The molecule has 1 saturated heterocycles. The highest BCUT2D eigenvalue weighted by molar-refractivity contribution is 7.89. The Bertz CT molecular complexity index is 1360. The van der Waals surface area contributed by atoms with E-state index in [9.17, 15) is 18.0 Å². The summed E-state index contributed by atoms with van der Waals surface area (Å²) in [5.41, 5.74) is 4.39.